The zero-order valence-corrected chi connectivity index (χ0v) is 14.9. The number of aryl methyl sites for hydroxylation is 1. The van der Waals surface area contributed by atoms with Crippen molar-refractivity contribution < 1.29 is 9.18 Å². The van der Waals surface area contributed by atoms with Crippen LogP contribution in [0.15, 0.2) is 60.8 Å². The Balaban J connectivity index is 1.66. The second-order valence-electron chi connectivity index (χ2n) is 6.41. The van der Waals surface area contributed by atoms with Gasteiger partial charge in [-0.05, 0) is 44.4 Å². The topological polar surface area (TPSA) is 46.9 Å². The summed E-state index contributed by atoms with van der Waals surface area (Å²) in [6, 6.07) is 16.6. The first-order valence-corrected chi connectivity index (χ1v) is 8.70. The molecule has 4 nitrogen and oxygen atoms in total. The van der Waals surface area contributed by atoms with Gasteiger partial charge in [-0.25, -0.2) is 9.07 Å². The number of carbonyl (C=O) groups is 1. The van der Waals surface area contributed by atoms with Gasteiger partial charge in [0.05, 0.1) is 17.5 Å². The summed E-state index contributed by atoms with van der Waals surface area (Å²) in [6.07, 6.45) is 3.23. The summed E-state index contributed by atoms with van der Waals surface area (Å²) in [5.74, 6) is -0.562. The van der Waals surface area contributed by atoms with Crippen molar-refractivity contribution in [3.05, 3.63) is 83.4 Å². The van der Waals surface area contributed by atoms with E-state index >= 15 is 0 Å². The summed E-state index contributed by atoms with van der Waals surface area (Å²) in [7, 11) is 0. The number of carbonyl (C=O) groups excluding carboxylic acids is 1. The van der Waals surface area contributed by atoms with Crippen molar-refractivity contribution in [1.29, 1.82) is 0 Å². The van der Waals surface area contributed by atoms with Crippen molar-refractivity contribution in [2.45, 2.75) is 32.7 Å². The summed E-state index contributed by atoms with van der Waals surface area (Å²) in [5.41, 5.74) is 2.65. The zero-order valence-electron chi connectivity index (χ0n) is 14.9. The highest BCUT2D eigenvalue weighted by Crippen LogP contribution is 2.17. The normalized spacial score (nSPS) is 12.0. The summed E-state index contributed by atoms with van der Waals surface area (Å²) < 4.78 is 15.4. The molecule has 0 saturated carbocycles. The fourth-order valence-electron chi connectivity index (χ4n) is 2.90. The van der Waals surface area contributed by atoms with E-state index < -0.39 is 0 Å². The lowest BCUT2D eigenvalue weighted by Crippen LogP contribution is -2.33. The number of halogens is 1. The smallest absolute Gasteiger partial charge is 0.254 e. The van der Waals surface area contributed by atoms with E-state index in [2.05, 4.69) is 22.5 Å². The van der Waals surface area contributed by atoms with Crippen molar-refractivity contribution in [2.75, 3.05) is 0 Å². The van der Waals surface area contributed by atoms with Gasteiger partial charge in [-0.1, -0.05) is 42.5 Å². The standard InChI is InChI=1S/C21H22FN3O/c1-15(12-13-17-8-4-3-5-9-17)24-21(26)18-14-23-25(16(18)2)20-11-7-6-10-19(20)22/h3-11,14-15H,12-13H2,1-2H3,(H,24,26)/t15-/m0/s1. The molecule has 3 rings (SSSR count). The number of benzene rings is 2. The number of aromatic nitrogens is 2. The summed E-state index contributed by atoms with van der Waals surface area (Å²) >= 11 is 0. The van der Waals surface area contributed by atoms with E-state index in [1.54, 1.807) is 25.1 Å². The molecule has 1 amide bonds. The summed E-state index contributed by atoms with van der Waals surface area (Å²) in [5, 5.41) is 7.19. The largest absolute Gasteiger partial charge is 0.349 e. The summed E-state index contributed by atoms with van der Waals surface area (Å²) in [6.45, 7) is 3.75. The minimum atomic E-state index is -0.373. The molecule has 0 aliphatic carbocycles. The number of para-hydroxylation sites is 1. The monoisotopic (exact) mass is 351 g/mol. The first-order chi connectivity index (χ1) is 12.6. The van der Waals surface area contributed by atoms with Gasteiger partial charge >= 0.3 is 0 Å². The fraction of sp³-hybridized carbons (Fsp3) is 0.238. The zero-order chi connectivity index (χ0) is 18.5. The molecular weight excluding hydrogens is 329 g/mol. The van der Waals surface area contributed by atoms with E-state index in [0.29, 0.717) is 16.9 Å². The van der Waals surface area contributed by atoms with Crippen molar-refractivity contribution >= 4 is 5.91 Å². The highest BCUT2D eigenvalue weighted by molar-refractivity contribution is 5.95. The van der Waals surface area contributed by atoms with E-state index in [1.165, 1.54) is 22.5 Å². The van der Waals surface area contributed by atoms with Crippen LogP contribution in [0, 0.1) is 12.7 Å². The van der Waals surface area contributed by atoms with Gasteiger partial charge in [-0.15, -0.1) is 0 Å². The molecule has 1 aromatic heterocycles. The quantitative estimate of drug-likeness (QED) is 0.728. The molecule has 0 radical (unpaired) electrons. The third kappa shape index (κ3) is 3.99. The van der Waals surface area contributed by atoms with Gasteiger partial charge in [0.1, 0.15) is 11.5 Å². The minimum absolute atomic E-state index is 0.0268. The summed E-state index contributed by atoms with van der Waals surface area (Å²) in [4.78, 5) is 12.6. The molecule has 5 heteroatoms. The number of nitrogens with zero attached hydrogens (tertiary/aromatic N) is 2. The van der Waals surface area contributed by atoms with Gasteiger partial charge in [-0.2, -0.15) is 5.10 Å². The number of rotatable bonds is 6. The lowest BCUT2D eigenvalue weighted by atomic mass is 10.1. The molecule has 0 bridgehead atoms. The fourth-order valence-corrected chi connectivity index (χ4v) is 2.90. The molecule has 1 N–H and O–H groups in total. The molecule has 26 heavy (non-hydrogen) atoms. The lowest BCUT2D eigenvalue weighted by molar-refractivity contribution is 0.0938. The molecule has 0 spiro atoms. The molecule has 1 atom stereocenters. The molecule has 0 unspecified atom stereocenters. The average molecular weight is 351 g/mol. The number of amides is 1. The van der Waals surface area contributed by atoms with E-state index in [-0.39, 0.29) is 17.8 Å². The molecule has 3 aromatic rings. The second-order valence-corrected chi connectivity index (χ2v) is 6.41. The van der Waals surface area contributed by atoms with Gasteiger partial charge in [0.15, 0.2) is 0 Å². The van der Waals surface area contributed by atoms with Gasteiger partial charge in [0, 0.05) is 6.04 Å². The highest BCUT2D eigenvalue weighted by Gasteiger charge is 2.18. The van der Waals surface area contributed by atoms with Crippen LogP contribution in [0.25, 0.3) is 5.69 Å². The Bertz CT molecular complexity index is 889. The van der Waals surface area contributed by atoms with E-state index in [1.807, 2.05) is 25.1 Å². The third-order valence-electron chi connectivity index (χ3n) is 4.42. The van der Waals surface area contributed by atoms with Crippen molar-refractivity contribution in [3.8, 4) is 5.69 Å². The van der Waals surface area contributed by atoms with Crippen molar-refractivity contribution in [1.82, 2.24) is 15.1 Å². The first kappa shape index (κ1) is 17.9. The first-order valence-electron chi connectivity index (χ1n) is 8.70. The molecule has 1 heterocycles. The molecular formula is C21H22FN3O. The van der Waals surface area contributed by atoms with Crippen LogP contribution in [-0.2, 0) is 6.42 Å². The van der Waals surface area contributed by atoms with E-state index in [4.69, 9.17) is 0 Å². The molecule has 2 aromatic carbocycles. The Labute approximate surface area is 152 Å². The Morgan fingerprint density at radius 1 is 1.15 bits per heavy atom. The number of nitrogens with one attached hydrogen (secondary N) is 1. The van der Waals surface area contributed by atoms with Gasteiger partial charge in [-0.3, -0.25) is 4.79 Å². The Morgan fingerprint density at radius 2 is 1.85 bits per heavy atom. The predicted octanol–water partition coefficient (Wildman–Crippen LogP) is 4.07. The maximum absolute atomic E-state index is 14.0. The van der Waals surface area contributed by atoms with Crippen LogP contribution < -0.4 is 5.32 Å². The maximum Gasteiger partial charge on any atom is 0.254 e. The predicted molar refractivity (Wildman–Crippen MR) is 100.0 cm³/mol. The number of hydrogen-bond donors (Lipinski definition) is 1. The van der Waals surface area contributed by atoms with E-state index in [0.717, 1.165) is 12.8 Å². The van der Waals surface area contributed by atoms with Gasteiger partial charge in [0.2, 0.25) is 0 Å². The van der Waals surface area contributed by atoms with Gasteiger partial charge in [0.25, 0.3) is 5.91 Å². The van der Waals surface area contributed by atoms with Crippen LogP contribution in [0.1, 0.15) is 35.0 Å². The maximum atomic E-state index is 14.0. The minimum Gasteiger partial charge on any atom is -0.349 e. The SMILES string of the molecule is Cc1c(C(=O)N[C@@H](C)CCc2ccccc2)cnn1-c1ccccc1F. The van der Waals surface area contributed by atoms with Crippen LogP contribution in [-0.4, -0.2) is 21.7 Å². The van der Waals surface area contributed by atoms with Crippen LogP contribution in [0.4, 0.5) is 4.39 Å². The molecule has 0 aliphatic heterocycles. The molecule has 0 saturated heterocycles. The second kappa shape index (κ2) is 7.95. The lowest BCUT2D eigenvalue weighted by Gasteiger charge is -2.14. The molecule has 0 fully saturated rings. The Hall–Kier alpha value is -2.95. The van der Waals surface area contributed by atoms with Crippen LogP contribution >= 0.6 is 0 Å². The van der Waals surface area contributed by atoms with Crippen molar-refractivity contribution in [3.63, 3.8) is 0 Å². The van der Waals surface area contributed by atoms with E-state index in [9.17, 15) is 9.18 Å². The molecule has 0 aliphatic rings. The Kier molecular flexibility index (Phi) is 5.46. The van der Waals surface area contributed by atoms with Gasteiger partial charge < -0.3 is 5.32 Å². The van der Waals surface area contributed by atoms with Crippen LogP contribution in [0.2, 0.25) is 0 Å². The van der Waals surface area contributed by atoms with Crippen molar-refractivity contribution in [2.24, 2.45) is 0 Å². The number of hydrogen-bond acceptors (Lipinski definition) is 2. The third-order valence-corrected chi connectivity index (χ3v) is 4.42. The highest BCUT2D eigenvalue weighted by atomic mass is 19.1. The molecule has 134 valence electrons. The Morgan fingerprint density at radius 3 is 2.58 bits per heavy atom. The van der Waals surface area contributed by atoms with Crippen LogP contribution in [0.5, 0.6) is 0 Å². The van der Waals surface area contributed by atoms with Crippen LogP contribution in [0.3, 0.4) is 0 Å². The average Bonchev–Trinajstić information content (AvgIpc) is 3.03.